The molecule has 0 fully saturated rings. The fraction of sp³-hybridized carbons (Fsp3) is 0.387. The van der Waals surface area contributed by atoms with Crippen LogP contribution in [0.5, 0.6) is 11.5 Å². The molecule has 0 radical (unpaired) electrons. The fourth-order valence-corrected chi connectivity index (χ4v) is 5.28. The molecule has 0 saturated carbocycles. The maximum Gasteiger partial charge on any atom is -1.00 e. The maximum absolute atomic E-state index is 6.29. The average Bonchev–Trinajstić information content (AvgIpc) is 3.35. The molecule has 4 aromatic carbocycles. The van der Waals surface area contributed by atoms with Gasteiger partial charge in [0.1, 0.15) is 0 Å². The standard InChI is InChI=1S/2C15H21OSi.CH2.2ClH.Zr/c2*1-15(2,3)17(4,5)16-14-10-12-8-6-7-9-13(12)11-14;;;;/h2*6-11H,1-5H3;1H2;2*1H;/q2*-1;;;;+2/p-2. The summed E-state index contributed by atoms with van der Waals surface area (Å²) in [7, 11) is -3.42. The van der Waals surface area contributed by atoms with Crippen LogP contribution in [0.4, 0.5) is 0 Å². The van der Waals surface area contributed by atoms with Gasteiger partial charge in [0.05, 0.1) is 0 Å². The average molecular weight is 667 g/mol. The van der Waals surface area contributed by atoms with E-state index in [1.807, 2.05) is 0 Å². The van der Waals surface area contributed by atoms with Crippen molar-refractivity contribution in [2.75, 3.05) is 0 Å². The van der Waals surface area contributed by atoms with Crippen LogP contribution in [0.15, 0.2) is 72.8 Å². The summed E-state index contributed by atoms with van der Waals surface area (Å²) in [6.45, 7) is 22.7. The molecule has 0 atom stereocenters. The molecular weight excluding hydrogens is 623 g/mol. The number of hydrogen-bond acceptors (Lipinski definition) is 2. The molecule has 208 valence electrons. The monoisotopic (exact) mass is 664 g/mol. The largest absolute Gasteiger partial charge is 1.00 e. The zero-order chi connectivity index (χ0) is 27.4. The van der Waals surface area contributed by atoms with Gasteiger partial charge in [-0.1, -0.05) is 53.7 Å². The minimum Gasteiger partial charge on any atom is -1.00 e. The molecular formula is C31H44Cl2O2Si2Zr-2. The summed E-state index contributed by atoms with van der Waals surface area (Å²) in [5, 5.41) is 5.55. The van der Waals surface area contributed by atoms with Gasteiger partial charge >= 0.3 is 28.4 Å². The van der Waals surface area contributed by atoms with Crippen molar-refractivity contribution in [3.05, 3.63) is 72.8 Å². The van der Waals surface area contributed by atoms with Crippen molar-refractivity contribution in [1.82, 2.24) is 0 Å². The van der Waals surface area contributed by atoms with Crippen LogP contribution in [-0.2, 0) is 24.2 Å². The third-order valence-corrected chi connectivity index (χ3v) is 16.3. The first-order valence-electron chi connectivity index (χ1n) is 12.6. The zero-order valence-corrected chi connectivity index (χ0v) is 30.7. The Morgan fingerprint density at radius 1 is 0.605 bits per heavy atom. The van der Waals surface area contributed by atoms with E-state index >= 15 is 0 Å². The van der Waals surface area contributed by atoms with E-state index in [0.29, 0.717) is 0 Å². The van der Waals surface area contributed by atoms with Crippen LogP contribution >= 0.6 is 0 Å². The van der Waals surface area contributed by atoms with E-state index in [1.54, 1.807) is 0 Å². The Bertz CT molecular complexity index is 1100. The number of hydrogen-bond donors (Lipinski definition) is 0. The molecule has 0 aliphatic rings. The van der Waals surface area contributed by atoms with Crippen LogP contribution in [0.2, 0.25) is 36.3 Å². The third-order valence-electron chi connectivity index (χ3n) is 7.54. The number of benzene rings is 2. The topological polar surface area (TPSA) is 18.5 Å². The maximum atomic E-state index is 6.29. The summed E-state index contributed by atoms with van der Waals surface area (Å²) < 4.78 is 15.9. The van der Waals surface area contributed by atoms with Crippen molar-refractivity contribution >= 4 is 42.4 Å². The van der Waals surface area contributed by atoms with E-state index in [0.717, 1.165) is 11.5 Å². The van der Waals surface area contributed by atoms with E-state index in [9.17, 15) is 0 Å². The van der Waals surface area contributed by atoms with E-state index in [4.69, 9.17) is 8.85 Å². The Labute approximate surface area is 260 Å². The van der Waals surface area contributed by atoms with Crippen LogP contribution < -0.4 is 33.7 Å². The Balaban J connectivity index is 0.000000645. The summed E-state index contributed by atoms with van der Waals surface area (Å²) in [6.07, 6.45) is 0. The van der Waals surface area contributed by atoms with Crippen molar-refractivity contribution in [2.24, 2.45) is 0 Å². The van der Waals surface area contributed by atoms with Gasteiger partial charge < -0.3 is 33.7 Å². The molecule has 0 heterocycles. The van der Waals surface area contributed by atoms with E-state index in [1.165, 1.54) is 45.8 Å². The smallest absolute Gasteiger partial charge is 1.00 e. The molecule has 0 unspecified atom stereocenters. The van der Waals surface area contributed by atoms with Crippen molar-refractivity contribution in [3.8, 4) is 11.5 Å². The number of halogens is 2. The second-order valence-electron chi connectivity index (χ2n) is 12.4. The van der Waals surface area contributed by atoms with Gasteiger partial charge in [-0.15, -0.1) is 82.2 Å². The van der Waals surface area contributed by atoms with Crippen molar-refractivity contribution in [3.63, 3.8) is 0 Å². The molecule has 0 bridgehead atoms. The summed E-state index contributed by atoms with van der Waals surface area (Å²) in [4.78, 5) is 0. The Kier molecular flexibility index (Phi) is 14.2. The predicted octanol–water partition coefficient (Wildman–Crippen LogP) is 3.86. The second kappa shape index (κ2) is 14.6. The van der Waals surface area contributed by atoms with E-state index in [2.05, 4.69) is 145 Å². The minimum absolute atomic E-state index is 0. The molecule has 0 aliphatic carbocycles. The van der Waals surface area contributed by atoms with Gasteiger partial charge in [0.2, 0.25) is 16.6 Å². The van der Waals surface area contributed by atoms with E-state index < -0.39 is 16.6 Å². The molecule has 0 aromatic heterocycles. The molecule has 4 rings (SSSR count). The van der Waals surface area contributed by atoms with Crippen molar-refractivity contribution < 1.29 is 57.9 Å². The van der Waals surface area contributed by atoms with Gasteiger partial charge in [-0.2, -0.15) is 0 Å². The SMILES string of the molecule is CC(C)(C)[Si](C)(C)Oc1cc2ccccc2[cH-]1.CC(C)(C)[Si](C)(C)Oc1cc2ccccc2[cH-]1.[CH2]=[Zr+2].[Cl-].[Cl-]. The third kappa shape index (κ3) is 9.59. The second-order valence-corrected chi connectivity index (χ2v) is 21.8. The molecule has 2 nitrogen and oxygen atoms in total. The summed E-state index contributed by atoms with van der Waals surface area (Å²) in [5.41, 5.74) is 0. The molecule has 4 aromatic rings. The fourth-order valence-electron chi connectivity index (χ4n) is 3.26. The number of fused-ring (bicyclic) bond motifs is 2. The van der Waals surface area contributed by atoms with Crippen LogP contribution in [0.3, 0.4) is 0 Å². The van der Waals surface area contributed by atoms with Crippen LogP contribution in [0.1, 0.15) is 41.5 Å². The van der Waals surface area contributed by atoms with Gasteiger partial charge in [-0.05, 0) is 36.3 Å². The minimum atomic E-state index is -1.71. The van der Waals surface area contributed by atoms with Crippen LogP contribution in [0, 0.1) is 0 Å². The quantitative estimate of drug-likeness (QED) is 0.244. The van der Waals surface area contributed by atoms with Gasteiger partial charge in [0.15, 0.2) is 0 Å². The van der Waals surface area contributed by atoms with Crippen molar-refractivity contribution in [1.29, 1.82) is 0 Å². The van der Waals surface area contributed by atoms with E-state index in [-0.39, 0.29) is 34.9 Å². The normalized spacial score (nSPS) is 11.8. The Morgan fingerprint density at radius 3 is 1.16 bits per heavy atom. The van der Waals surface area contributed by atoms with Gasteiger partial charge in [0, 0.05) is 11.5 Å². The van der Waals surface area contributed by atoms with Gasteiger partial charge in [0.25, 0.3) is 0 Å². The molecule has 0 aliphatic heterocycles. The molecule has 38 heavy (non-hydrogen) atoms. The Hall–Kier alpha value is -0.973. The van der Waals surface area contributed by atoms with Gasteiger partial charge in [-0.3, -0.25) is 0 Å². The molecule has 0 saturated heterocycles. The first kappa shape index (κ1) is 37.0. The first-order valence-corrected chi connectivity index (χ1v) is 20.2. The zero-order valence-electron chi connectivity index (χ0n) is 24.7. The summed E-state index contributed by atoms with van der Waals surface area (Å²) in [6, 6.07) is 25.4. The summed E-state index contributed by atoms with van der Waals surface area (Å²) >= 11 is 1.30. The van der Waals surface area contributed by atoms with Crippen molar-refractivity contribution in [2.45, 2.75) is 77.8 Å². The predicted molar refractivity (Wildman–Crippen MR) is 162 cm³/mol. The number of rotatable bonds is 4. The van der Waals surface area contributed by atoms with Crippen LogP contribution in [-0.4, -0.2) is 20.8 Å². The molecule has 0 amide bonds. The van der Waals surface area contributed by atoms with Gasteiger partial charge in [-0.25, -0.2) is 0 Å². The first-order chi connectivity index (χ1) is 16.6. The summed E-state index contributed by atoms with van der Waals surface area (Å²) in [5.74, 6) is 2.05. The van der Waals surface area contributed by atoms with Crippen LogP contribution in [0.25, 0.3) is 21.5 Å². The molecule has 7 heteroatoms. The Morgan fingerprint density at radius 2 is 0.895 bits per heavy atom. The molecule has 0 N–H and O–H groups in total. The molecule has 0 spiro atoms.